The van der Waals surface area contributed by atoms with Crippen molar-refractivity contribution in [3.05, 3.63) is 64.2 Å². The molecule has 0 N–H and O–H groups in total. The Morgan fingerprint density at radius 2 is 1.92 bits per heavy atom. The van der Waals surface area contributed by atoms with E-state index >= 15 is 0 Å². The molecule has 1 aliphatic carbocycles. The number of amides is 1. The molecule has 0 unspecified atom stereocenters. The molecule has 0 radical (unpaired) electrons. The van der Waals surface area contributed by atoms with Gasteiger partial charge in [-0.15, -0.1) is 0 Å². The van der Waals surface area contributed by atoms with Gasteiger partial charge in [0.05, 0.1) is 25.0 Å². The molecule has 0 bridgehead atoms. The van der Waals surface area contributed by atoms with Crippen molar-refractivity contribution in [1.29, 1.82) is 0 Å². The minimum Gasteiger partial charge on any atom is -0.481 e. The highest BCUT2D eigenvalue weighted by Crippen LogP contribution is 2.33. The summed E-state index contributed by atoms with van der Waals surface area (Å²) in [4.78, 5) is 49.8. The van der Waals surface area contributed by atoms with Crippen molar-refractivity contribution in [2.24, 2.45) is 5.92 Å². The van der Waals surface area contributed by atoms with Crippen LogP contribution in [0.1, 0.15) is 28.9 Å². The number of hydrogen-bond donors (Lipinski definition) is 0. The van der Waals surface area contributed by atoms with Gasteiger partial charge in [-0.3, -0.25) is 18.9 Å². The third kappa shape index (κ3) is 5.15. The van der Waals surface area contributed by atoms with Gasteiger partial charge in [-0.25, -0.2) is 9.78 Å². The number of hydrogen-bond acceptors (Lipinski definition) is 8. The first kappa shape index (κ1) is 24.8. The van der Waals surface area contributed by atoms with E-state index in [0.717, 1.165) is 17.8 Å². The Morgan fingerprint density at radius 3 is 2.59 bits per heavy atom. The van der Waals surface area contributed by atoms with Crippen molar-refractivity contribution in [1.82, 2.24) is 14.3 Å². The number of benzene rings is 1. The van der Waals surface area contributed by atoms with E-state index in [0.29, 0.717) is 24.7 Å². The number of carbonyl (C=O) groups is 2. The van der Waals surface area contributed by atoms with E-state index in [1.165, 1.54) is 24.4 Å². The Bertz CT molecular complexity index is 1390. The van der Waals surface area contributed by atoms with Crippen LogP contribution in [0, 0.1) is 5.92 Å². The van der Waals surface area contributed by atoms with Gasteiger partial charge < -0.3 is 19.3 Å². The highest BCUT2D eigenvalue weighted by molar-refractivity contribution is 6.00. The lowest BCUT2D eigenvalue weighted by molar-refractivity contribution is -0.120. The molecule has 1 aliphatic heterocycles. The summed E-state index contributed by atoms with van der Waals surface area (Å²) in [5.41, 5.74) is 1.56. The summed E-state index contributed by atoms with van der Waals surface area (Å²) in [7, 11) is 5.10. The van der Waals surface area contributed by atoms with E-state index in [2.05, 4.69) is 9.88 Å². The fraction of sp³-hybridized carbons (Fsp3) is 0.407. The second-order valence-electron chi connectivity index (χ2n) is 9.74. The molecule has 1 saturated carbocycles. The summed E-state index contributed by atoms with van der Waals surface area (Å²) in [6.07, 6.45) is 4.07. The molecular formula is C27H31N5O5. The van der Waals surface area contributed by atoms with Crippen LogP contribution in [0.15, 0.2) is 47.4 Å². The normalized spacial score (nSPS) is 16.2. The molecule has 37 heavy (non-hydrogen) atoms. The maximum Gasteiger partial charge on any atom is 0.360 e. The SMILES string of the molecule is COC(=O)c1nc2c(N3CCN(C)CC3=O)cc(N(C)CC3CC3)cn2c(=O)c1OCc1ccccc1. The molecule has 2 aliphatic rings. The maximum absolute atomic E-state index is 13.8. The zero-order valence-corrected chi connectivity index (χ0v) is 21.3. The Labute approximate surface area is 215 Å². The van der Waals surface area contributed by atoms with Crippen molar-refractivity contribution in [3.8, 4) is 5.75 Å². The summed E-state index contributed by atoms with van der Waals surface area (Å²) in [6, 6.07) is 11.2. The number of piperazine rings is 1. The van der Waals surface area contributed by atoms with Gasteiger partial charge in [0.25, 0.3) is 0 Å². The van der Waals surface area contributed by atoms with Gasteiger partial charge in [0.15, 0.2) is 11.3 Å². The second kappa shape index (κ2) is 10.2. The summed E-state index contributed by atoms with van der Waals surface area (Å²) >= 11 is 0. The molecule has 3 aromatic rings. The summed E-state index contributed by atoms with van der Waals surface area (Å²) in [5, 5.41) is 0. The summed E-state index contributed by atoms with van der Waals surface area (Å²) in [6.45, 7) is 2.30. The van der Waals surface area contributed by atoms with Crippen LogP contribution in [0.5, 0.6) is 5.75 Å². The molecule has 194 valence electrons. The predicted molar refractivity (Wildman–Crippen MR) is 139 cm³/mol. The number of carbonyl (C=O) groups excluding carboxylic acids is 2. The number of likely N-dealkylation sites (N-methyl/N-ethyl adjacent to an activating group) is 1. The van der Waals surface area contributed by atoms with Gasteiger partial charge in [-0.05, 0) is 37.4 Å². The lowest BCUT2D eigenvalue weighted by Crippen LogP contribution is -2.49. The third-order valence-electron chi connectivity index (χ3n) is 6.83. The molecule has 1 aromatic carbocycles. The van der Waals surface area contributed by atoms with Crippen LogP contribution in [-0.2, 0) is 16.1 Å². The first-order valence-corrected chi connectivity index (χ1v) is 12.4. The van der Waals surface area contributed by atoms with Crippen molar-refractivity contribution in [2.45, 2.75) is 19.4 Å². The number of pyridine rings is 1. The van der Waals surface area contributed by atoms with Crippen molar-refractivity contribution in [3.63, 3.8) is 0 Å². The van der Waals surface area contributed by atoms with Gasteiger partial charge in [0.2, 0.25) is 11.7 Å². The summed E-state index contributed by atoms with van der Waals surface area (Å²) in [5.74, 6) is -0.453. The lowest BCUT2D eigenvalue weighted by atomic mass is 10.2. The van der Waals surface area contributed by atoms with E-state index < -0.39 is 11.5 Å². The van der Waals surface area contributed by atoms with Crippen molar-refractivity contribution < 1.29 is 19.1 Å². The number of anilines is 2. The first-order chi connectivity index (χ1) is 17.9. The molecule has 0 atom stereocenters. The Kier molecular flexibility index (Phi) is 6.84. The van der Waals surface area contributed by atoms with Gasteiger partial charge in [0, 0.05) is 32.9 Å². The maximum atomic E-state index is 13.8. The Balaban J connectivity index is 1.67. The van der Waals surface area contributed by atoms with Crippen LogP contribution < -0.4 is 20.1 Å². The molecule has 2 aromatic heterocycles. The largest absolute Gasteiger partial charge is 0.481 e. The van der Waals surface area contributed by atoms with Gasteiger partial charge >= 0.3 is 11.5 Å². The van der Waals surface area contributed by atoms with E-state index in [-0.39, 0.29) is 36.1 Å². The minimum atomic E-state index is -0.784. The van der Waals surface area contributed by atoms with Crippen molar-refractivity contribution in [2.75, 3.05) is 57.2 Å². The molecule has 2 fully saturated rings. The Morgan fingerprint density at radius 1 is 1.16 bits per heavy atom. The summed E-state index contributed by atoms with van der Waals surface area (Å²) < 4.78 is 12.2. The zero-order valence-electron chi connectivity index (χ0n) is 21.3. The minimum absolute atomic E-state index is 0.0822. The van der Waals surface area contributed by atoms with Crippen LogP contribution in [0.3, 0.4) is 0 Å². The monoisotopic (exact) mass is 505 g/mol. The molecule has 1 saturated heterocycles. The zero-order chi connectivity index (χ0) is 26.1. The van der Waals surface area contributed by atoms with Gasteiger partial charge in [0.1, 0.15) is 6.61 Å². The van der Waals surface area contributed by atoms with Crippen LogP contribution >= 0.6 is 0 Å². The van der Waals surface area contributed by atoms with Crippen LogP contribution in [0.25, 0.3) is 5.65 Å². The van der Waals surface area contributed by atoms with Crippen LogP contribution in [0.4, 0.5) is 11.4 Å². The highest BCUT2D eigenvalue weighted by Gasteiger charge is 2.30. The Hall–Kier alpha value is -3.92. The first-order valence-electron chi connectivity index (χ1n) is 12.4. The predicted octanol–water partition coefficient (Wildman–Crippen LogP) is 2.18. The fourth-order valence-electron chi connectivity index (χ4n) is 4.53. The average Bonchev–Trinajstić information content (AvgIpc) is 3.72. The van der Waals surface area contributed by atoms with Crippen LogP contribution in [-0.4, -0.2) is 73.5 Å². The number of aromatic nitrogens is 2. The van der Waals surface area contributed by atoms with E-state index in [1.54, 1.807) is 11.1 Å². The van der Waals surface area contributed by atoms with Gasteiger partial charge in [-0.2, -0.15) is 0 Å². The van der Waals surface area contributed by atoms with Crippen LogP contribution in [0.2, 0.25) is 0 Å². The number of nitrogens with zero attached hydrogens (tertiary/aromatic N) is 5. The molecule has 1 amide bonds. The van der Waals surface area contributed by atoms with E-state index in [1.807, 2.05) is 55.4 Å². The number of rotatable bonds is 8. The molecule has 10 heteroatoms. The second-order valence-corrected chi connectivity index (χ2v) is 9.74. The number of fused-ring (bicyclic) bond motifs is 1. The molecular weight excluding hydrogens is 474 g/mol. The molecule has 5 rings (SSSR count). The average molecular weight is 506 g/mol. The number of methoxy groups -OCH3 is 1. The molecule has 0 spiro atoms. The van der Waals surface area contributed by atoms with Crippen molar-refractivity contribution >= 4 is 28.9 Å². The standard InChI is InChI=1S/C27H31N5O5/c1-29-11-12-31(22(33)16-29)21-13-20(30(2)14-18-9-10-18)15-32-25(21)28-23(27(35)36-3)24(26(32)34)37-17-19-7-5-4-6-8-19/h4-8,13,15,18H,9-12,14,16-17H2,1-3H3. The smallest absolute Gasteiger partial charge is 0.360 e. The van der Waals surface area contributed by atoms with E-state index in [4.69, 9.17) is 9.47 Å². The fourth-order valence-corrected chi connectivity index (χ4v) is 4.53. The topological polar surface area (TPSA) is 96.7 Å². The van der Waals surface area contributed by atoms with Gasteiger partial charge in [-0.1, -0.05) is 30.3 Å². The molecule has 3 heterocycles. The van der Waals surface area contributed by atoms with E-state index in [9.17, 15) is 14.4 Å². The molecule has 10 nitrogen and oxygen atoms in total. The number of esters is 1. The number of ether oxygens (including phenoxy) is 2. The quantitative estimate of drug-likeness (QED) is 0.430. The highest BCUT2D eigenvalue weighted by atomic mass is 16.5. The lowest BCUT2D eigenvalue weighted by Gasteiger charge is -2.33. The third-order valence-corrected chi connectivity index (χ3v) is 6.83.